The predicted octanol–water partition coefficient (Wildman–Crippen LogP) is 2.49. The monoisotopic (exact) mass is 472 g/mol. The van der Waals surface area contributed by atoms with Crippen molar-refractivity contribution < 1.29 is 9.53 Å². The Morgan fingerprint density at radius 3 is 2.42 bits per heavy atom. The van der Waals surface area contributed by atoms with Crippen LogP contribution in [0.5, 0.6) is 5.75 Å². The first-order chi connectivity index (χ1) is 12.2. The number of amides is 1. The lowest BCUT2D eigenvalue weighted by Gasteiger charge is -2.38. The summed E-state index contributed by atoms with van der Waals surface area (Å²) in [4.78, 5) is 18.9. The van der Waals surface area contributed by atoms with Crippen molar-refractivity contribution in [3.63, 3.8) is 0 Å². The Labute approximate surface area is 172 Å². The van der Waals surface area contributed by atoms with Gasteiger partial charge < -0.3 is 20.3 Å². The standard InChI is InChI=1S/C19H28N4O2.HI/c1-20-18(23-13-10-19(14-23)8-3-9-19)22-12-11-21-17(24)15-4-6-16(25-2)7-5-15;/h4-7H,3,8-14H2,1-2H3,(H,20,22)(H,21,24);1H. The van der Waals surface area contributed by atoms with E-state index in [-0.39, 0.29) is 29.9 Å². The number of methoxy groups -OCH3 is 1. The molecule has 26 heavy (non-hydrogen) atoms. The van der Waals surface area contributed by atoms with E-state index >= 15 is 0 Å². The zero-order valence-corrected chi connectivity index (χ0v) is 17.9. The summed E-state index contributed by atoms with van der Waals surface area (Å²) >= 11 is 0. The van der Waals surface area contributed by atoms with Crippen LogP contribution in [-0.2, 0) is 0 Å². The molecule has 1 saturated heterocycles. The molecule has 1 spiro atoms. The molecule has 0 atom stereocenters. The normalized spacial score (nSPS) is 18.1. The van der Waals surface area contributed by atoms with Crippen LogP contribution in [0, 0.1) is 5.41 Å². The number of hydrogen-bond acceptors (Lipinski definition) is 3. The Morgan fingerprint density at radius 2 is 1.88 bits per heavy atom. The minimum atomic E-state index is -0.0750. The van der Waals surface area contributed by atoms with Gasteiger partial charge in [-0.15, -0.1) is 24.0 Å². The molecule has 0 aromatic heterocycles. The molecule has 2 aliphatic rings. The second-order valence-electron chi connectivity index (χ2n) is 6.98. The Balaban J connectivity index is 0.00000243. The molecular formula is C19H29IN4O2. The number of nitrogens with zero attached hydrogens (tertiary/aromatic N) is 2. The van der Waals surface area contributed by atoms with Crippen LogP contribution in [0.4, 0.5) is 0 Å². The van der Waals surface area contributed by atoms with Gasteiger partial charge in [0.15, 0.2) is 5.96 Å². The second-order valence-corrected chi connectivity index (χ2v) is 6.98. The summed E-state index contributed by atoms with van der Waals surface area (Å²) in [6.45, 7) is 3.42. The lowest BCUT2D eigenvalue weighted by molar-refractivity contribution is 0.0954. The largest absolute Gasteiger partial charge is 0.497 e. The molecule has 1 heterocycles. The van der Waals surface area contributed by atoms with Gasteiger partial charge in [-0.1, -0.05) is 6.42 Å². The number of halogens is 1. The van der Waals surface area contributed by atoms with E-state index in [9.17, 15) is 4.79 Å². The van der Waals surface area contributed by atoms with Gasteiger partial charge in [-0.05, 0) is 48.9 Å². The molecule has 1 aromatic rings. The van der Waals surface area contributed by atoms with Crippen LogP contribution >= 0.6 is 24.0 Å². The SMILES string of the molecule is CN=C(NCCNC(=O)c1ccc(OC)cc1)N1CCC2(CCC2)C1.I. The minimum Gasteiger partial charge on any atom is -0.497 e. The van der Waals surface area contributed by atoms with E-state index in [1.807, 2.05) is 7.05 Å². The number of rotatable bonds is 5. The quantitative estimate of drug-likeness (QED) is 0.299. The van der Waals surface area contributed by atoms with E-state index in [2.05, 4.69) is 20.5 Å². The summed E-state index contributed by atoms with van der Waals surface area (Å²) < 4.78 is 5.10. The molecule has 0 radical (unpaired) electrons. The Morgan fingerprint density at radius 1 is 1.19 bits per heavy atom. The van der Waals surface area contributed by atoms with Crippen LogP contribution in [0.25, 0.3) is 0 Å². The zero-order valence-electron chi connectivity index (χ0n) is 15.6. The second kappa shape index (κ2) is 9.43. The topological polar surface area (TPSA) is 66.0 Å². The molecule has 144 valence electrons. The maximum Gasteiger partial charge on any atom is 0.251 e. The number of ether oxygens (including phenoxy) is 1. The van der Waals surface area contributed by atoms with Gasteiger partial charge in [0.1, 0.15) is 5.75 Å². The number of aliphatic imine (C=N–C) groups is 1. The fourth-order valence-electron chi connectivity index (χ4n) is 3.73. The van der Waals surface area contributed by atoms with Crippen molar-refractivity contribution in [3.05, 3.63) is 29.8 Å². The van der Waals surface area contributed by atoms with Crippen molar-refractivity contribution >= 4 is 35.8 Å². The van der Waals surface area contributed by atoms with Gasteiger partial charge in [0.2, 0.25) is 0 Å². The highest BCUT2D eigenvalue weighted by atomic mass is 127. The van der Waals surface area contributed by atoms with Crippen LogP contribution in [0.1, 0.15) is 36.0 Å². The van der Waals surface area contributed by atoms with E-state index in [0.29, 0.717) is 24.1 Å². The summed E-state index contributed by atoms with van der Waals surface area (Å²) in [5, 5.41) is 6.29. The molecule has 1 aliphatic heterocycles. The number of carbonyl (C=O) groups excluding carboxylic acids is 1. The summed E-state index contributed by atoms with van der Waals surface area (Å²) in [7, 11) is 3.44. The third-order valence-corrected chi connectivity index (χ3v) is 5.41. The van der Waals surface area contributed by atoms with Gasteiger partial charge in [-0.3, -0.25) is 9.79 Å². The number of carbonyl (C=O) groups is 1. The highest BCUT2D eigenvalue weighted by molar-refractivity contribution is 14.0. The predicted molar refractivity (Wildman–Crippen MR) is 115 cm³/mol. The van der Waals surface area contributed by atoms with E-state index in [1.54, 1.807) is 31.4 Å². The maximum atomic E-state index is 12.1. The molecule has 7 heteroatoms. The first-order valence-electron chi connectivity index (χ1n) is 9.04. The molecule has 0 bridgehead atoms. The number of guanidine groups is 1. The minimum absolute atomic E-state index is 0. The first kappa shape index (κ1) is 20.8. The number of benzene rings is 1. The van der Waals surface area contributed by atoms with Crippen LogP contribution < -0.4 is 15.4 Å². The van der Waals surface area contributed by atoms with Crippen LogP contribution in [-0.4, -0.2) is 57.1 Å². The highest BCUT2D eigenvalue weighted by Crippen LogP contribution is 2.47. The average Bonchev–Trinajstić information content (AvgIpc) is 3.07. The van der Waals surface area contributed by atoms with Crippen LogP contribution in [0.3, 0.4) is 0 Å². The summed E-state index contributed by atoms with van der Waals surface area (Å²) in [6, 6.07) is 7.11. The Hall–Kier alpha value is -1.51. The third-order valence-electron chi connectivity index (χ3n) is 5.41. The van der Waals surface area contributed by atoms with Crippen molar-refractivity contribution in [3.8, 4) is 5.75 Å². The third kappa shape index (κ3) is 4.81. The molecule has 1 saturated carbocycles. The number of nitrogens with one attached hydrogen (secondary N) is 2. The molecule has 2 N–H and O–H groups in total. The smallest absolute Gasteiger partial charge is 0.251 e. The van der Waals surface area contributed by atoms with E-state index < -0.39 is 0 Å². The molecule has 1 amide bonds. The lowest BCUT2D eigenvalue weighted by atomic mass is 9.68. The van der Waals surface area contributed by atoms with Gasteiger partial charge in [0.05, 0.1) is 7.11 Å². The number of hydrogen-bond donors (Lipinski definition) is 2. The van der Waals surface area contributed by atoms with E-state index in [4.69, 9.17) is 4.74 Å². The first-order valence-corrected chi connectivity index (χ1v) is 9.04. The van der Waals surface area contributed by atoms with Gasteiger partial charge in [0, 0.05) is 38.8 Å². The highest BCUT2D eigenvalue weighted by Gasteiger charge is 2.43. The molecule has 0 unspecified atom stereocenters. The van der Waals surface area contributed by atoms with Crippen molar-refractivity contribution in [2.24, 2.45) is 10.4 Å². The van der Waals surface area contributed by atoms with Crippen LogP contribution in [0.2, 0.25) is 0 Å². The van der Waals surface area contributed by atoms with Crippen LogP contribution in [0.15, 0.2) is 29.3 Å². The summed E-state index contributed by atoms with van der Waals surface area (Å²) in [5.41, 5.74) is 1.19. The zero-order chi connectivity index (χ0) is 17.7. The van der Waals surface area contributed by atoms with Gasteiger partial charge in [-0.25, -0.2) is 0 Å². The van der Waals surface area contributed by atoms with E-state index in [0.717, 1.165) is 24.8 Å². The van der Waals surface area contributed by atoms with Crippen molar-refractivity contribution in [1.29, 1.82) is 0 Å². The van der Waals surface area contributed by atoms with Crippen molar-refractivity contribution in [1.82, 2.24) is 15.5 Å². The number of likely N-dealkylation sites (tertiary alicyclic amines) is 1. The van der Waals surface area contributed by atoms with Gasteiger partial charge >= 0.3 is 0 Å². The van der Waals surface area contributed by atoms with Gasteiger partial charge in [-0.2, -0.15) is 0 Å². The molecular weight excluding hydrogens is 443 g/mol. The fourth-order valence-corrected chi connectivity index (χ4v) is 3.73. The Bertz CT molecular complexity index is 629. The summed E-state index contributed by atoms with van der Waals surface area (Å²) in [5.74, 6) is 1.62. The fraction of sp³-hybridized carbons (Fsp3) is 0.579. The molecule has 2 fully saturated rings. The van der Waals surface area contributed by atoms with Gasteiger partial charge in [0.25, 0.3) is 5.91 Å². The molecule has 6 nitrogen and oxygen atoms in total. The maximum absolute atomic E-state index is 12.1. The Kier molecular flexibility index (Phi) is 7.55. The van der Waals surface area contributed by atoms with Crippen molar-refractivity contribution in [2.45, 2.75) is 25.7 Å². The average molecular weight is 472 g/mol. The molecule has 1 aliphatic carbocycles. The lowest BCUT2D eigenvalue weighted by Crippen LogP contribution is -2.44. The molecule has 3 rings (SSSR count). The van der Waals surface area contributed by atoms with E-state index in [1.165, 1.54) is 25.7 Å². The summed E-state index contributed by atoms with van der Waals surface area (Å²) in [6.07, 6.45) is 5.37. The van der Waals surface area contributed by atoms with Crippen molar-refractivity contribution in [2.75, 3.05) is 40.3 Å². The molecule has 1 aromatic carbocycles.